The molecule has 0 fully saturated rings. The minimum absolute atomic E-state index is 0.311. The van der Waals surface area contributed by atoms with Gasteiger partial charge in [-0.05, 0) is 24.3 Å². The molecular weight excluding hydrogens is 180 g/mol. The Hall–Kier alpha value is -0.0500. The van der Waals surface area contributed by atoms with Gasteiger partial charge in [-0.15, -0.1) is 22.9 Å². The van der Waals surface area contributed by atoms with Gasteiger partial charge in [-0.2, -0.15) is 0 Å². The molecule has 1 heterocycles. The first-order chi connectivity index (χ1) is 5.34. The fourth-order valence-corrected chi connectivity index (χ4v) is 1.79. The van der Waals surface area contributed by atoms with Crippen LogP contribution < -0.4 is 0 Å². The third kappa shape index (κ3) is 2.81. The van der Waals surface area contributed by atoms with Gasteiger partial charge < -0.3 is 5.11 Å². The molecule has 0 amide bonds. The molecule has 0 bridgehead atoms. The summed E-state index contributed by atoms with van der Waals surface area (Å²) in [5, 5.41) is 11.5. The predicted octanol–water partition coefficient (Wildman–Crippen LogP) is 2.80. The van der Waals surface area contributed by atoms with Crippen molar-refractivity contribution in [3.05, 3.63) is 22.4 Å². The van der Waals surface area contributed by atoms with Crippen LogP contribution in [0.15, 0.2) is 17.5 Å². The number of aliphatic hydroxyl groups is 1. The summed E-state index contributed by atoms with van der Waals surface area (Å²) in [5.74, 6) is 0.627. The second kappa shape index (κ2) is 4.75. The van der Waals surface area contributed by atoms with Gasteiger partial charge in [0.05, 0.1) is 6.10 Å². The molecule has 0 aromatic carbocycles. The number of thiophene rings is 1. The van der Waals surface area contributed by atoms with Crippen LogP contribution in [0.5, 0.6) is 0 Å². The largest absolute Gasteiger partial charge is 0.388 e. The molecule has 1 N–H and O–H groups in total. The lowest BCUT2D eigenvalue weighted by Crippen LogP contribution is -1.94. The van der Waals surface area contributed by atoms with E-state index < -0.39 is 0 Å². The van der Waals surface area contributed by atoms with Crippen LogP contribution >= 0.6 is 22.9 Å². The number of hydrogen-bond acceptors (Lipinski definition) is 2. The van der Waals surface area contributed by atoms with E-state index in [1.807, 2.05) is 17.5 Å². The van der Waals surface area contributed by atoms with Crippen molar-refractivity contribution in [2.45, 2.75) is 18.9 Å². The summed E-state index contributed by atoms with van der Waals surface area (Å²) >= 11 is 7.09. The molecule has 1 aromatic heterocycles. The lowest BCUT2D eigenvalue weighted by atomic mass is 10.2. The van der Waals surface area contributed by atoms with Crippen molar-refractivity contribution >= 4 is 22.9 Å². The van der Waals surface area contributed by atoms with Crippen LogP contribution in [-0.2, 0) is 0 Å². The Bertz CT molecular complexity index is 186. The summed E-state index contributed by atoms with van der Waals surface area (Å²) < 4.78 is 0. The van der Waals surface area contributed by atoms with E-state index in [-0.39, 0.29) is 6.10 Å². The Morgan fingerprint density at radius 1 is 1.64 bits per heavy atom. The maximum atomic E-state index is 9.49. The van der Waals surface area contributed by atoms with Crippen molar-refractivity contribution in [2.75, 3.05) is 5.88 Å². The third-order valence-electron chi connectivity index (χ3n) is 1.48. The zero-order valence-electron chi connectivity index (χ0n) is 6.16. The van der Waals surface area contributed by atoms with Gasteiger partial charge in [-0.3, -0.25) is 0 Å². The standard InChI is InChI=1S/C8H11ClOS/c9-5-1-3-7(10)8-4-2-6-11-8/h2,4,6-7,10H,1,3,5H2/t7-/m1/s1. The quantitative estimate of drug-likeness (QED) is 0.724. The SMILES string of the molecule is O[C@H](CCCCl)c1cccs1. The maximum absolute atomic E-state index is 9.49. The first-order valence-corrected chi connectivity index (χ1v) is 5.03. The van der Waals surface area contributed by atoms with Gasteiger partial charge in [0.25, 0.3) is 0 Å². The average Bonchev–Trinajstić information content (AvgIpc) is 2.52. The monoisotopic (exact) mass is 190 g/mol. The second-order valence-electron chi connectivity index (χ2n) is 2.36. The van der Waals surface area contributed by atoms with E-state index in [2.05, 4.69) is 0 Å². The van der Waals surface area contributed by atoms with Crippen molar-refractivity contribution in [1.29, 1.82) is 0 Å². The molecule has 0 aliphatic heterocycles. The van der Waals surface area contributed by atoms with Crippen LogP contribution in [0.25, 0.3) is 0 Å². The number of alkyl halides is 1. The normalized spacial score (nSPS) is 13.3. The van der Waals surface area contributed by atoms with Crippen LogP contribution in [0.3, 0.4) is 0 Å². The molecular formula is C8H11ClOS. The molecule has 1 aromatic rings. The Morgan fingerprint density at radius 3 is 3.00 bits per heavy atom. The highest BCUT2D eigenvalue weighted by Gasteiger charge is 2.06. The van der Waals surface area contributed by atoms with Crippen LogP contribution in [0.2, 0.25) is 0 Å². The minimum atomic E-state index is -0.311. The Balaban J connectivity index is 2.36. The predicted molar refractivity (Wildman–Crippen MR) is 49.2 cm³/mol. The van der Waals surface area contributed by atoms with E-state index >= 15 is 0 Å². The van der Waals surface area contributed by atoms with E-state index in [4.69, 9.17) is 11.6 Å². The Morgan fingerprint density at radius 2 is 2.45 bits per heavy atom. The van der Waals surface area contributed by atoms with Crippen molar-refractivity contribution in [1.82, 2.24) is 0 Å². The van der Waals surface area contributed by atoms with Crippen LogP contribution in [0.1, 0.15) is 23.8 Å². The third-order valence-corrected chi connectivity index (χ3v) is 2.72. The van der Waals surface area contributed by atoms with Gasteiger partial charge in [-0.25, -0.2) is 0 Å². The van der Waals surface area contributed by atoms with Crippen LogP contribution in [-0.4, -0.2) is 11.0 Å². The summed E-state index contributed by atoms with van der Waals surface area (Å²) in [6, 6.07) is 3.90. The average molecular weight is 191 g/mol. The second-order valence-corrected chi connectivity index (χ2v) is 3.72. The van der Waals surface area contributed by atoms with E-state index in [0.29, 0.717) is 5.88 Å². The topological polar surface area (TPSA) is 20.2 Å². The molecule has 1 rings (SSSR count). The summed E-state index contributed by atoms with van der Waals surface area (Å²) in [6.07, 6.45) is 1.33. The Kier molecular flexibility index (Phi) is 3.91. The maximum Gasteiger partial charge on any atom is 0.0882 e. The molecule has 0 aliphatic rings. The molecule has 0 aliphatic carbocycles. The highest BCUT2D eigenvalue weighted by molar-refractivity contribution is 7.10. The van der Waals surface area contributed by atoms with Crippen molar-refractivity contribution in [2.24, 2.45) is 0 Å². The van der Waals surface area contributed by atoms with E-state index in [1.165, 1.54) is 0 Å². The zero-order chi connectivity index (χ0) is 8.10. The molecule has 0 radical (unpaired) electrons. The summed E-state index contributed by atoms with van der Waals surface area (Å²) in [6.45, 7) is 0. The van der Waals surface area contributed by atoms with Gasteiger partial charge in [0.15, 0.2) is 0 Å². The van der Waals surface area contributed by atoms with Crippen molar-refractivity contribution in [3.8, 4) is 0 Å². The smallest absolute Gasteiger partial charge is 0.0882 e. The molecule has 0 unspecified atom stereocenters. The highest BCUT2D eigenvalue weighted by Crippen LogP contribution is 2.22. The fourth-order valence-electron chi connectivity index (χ4n) is 0.894. The molecule has 1 atom stereocenters. The Labute approximate surface area is 75.6 Å². The molecule has 0 saturated heterocycles. The van der Waals surface area contributed by atoms with Gasteiger partial charge in [0.1, 0.15) is 0 Å². The molecule has 0 spiro atoms. The number of hydrogen-bond donors (Lipinski definition) is 1. The van der Waals surface area contributed by atoms with Crippen molar-refractivity contribution < 1.29 is 5.11 Å². The number of rotatable bonds is 4. The first-order valence-electron chi connectivity index (χ1n) is 3.62. The van der Waals surface area contributed by atoms with Crippen LogP contribution in [0.4, 0.5) is 0 Å². The molecule has 0 saturated carbocycles. The number of halogens is 1. The van der Waals surface area contributed by atoms with E-state index in [0.717, 1.165) is 17.7 Å². The highest BCUT2D eigenvalue weighted by atomic mass is 35.5. The first kappa shape index (κ1) is 9.04. The molecule has 3 heteroatoms. The van der Waals surface area contributed by atoms with Crippen molar-refractivity contribution in [3.63, 3.8) is 0 Å². The summed E-state index contributed by atoms with van der Waals surface area (Å²) in [5.41, 5.74) is 0. The lowest BCUT2D eigenvalue weighted by molar-refractivity contribution is 0.170. The zero-order valence-corrected chi connectivity index (χ0v) is 7.74. The fraction of sp³-hybridized carbons (Fsp3) is 0.500. The van der Waals surface area contributed by atoms with E-state index in [1.54, 1.807) is 11.3 Å². The van der Waals surface area contributed by atoms with Gasteiger partial charge in [0, 0.05) is 10.8 Å². The minimum Gasteiger partial charge on any atom is -0.388 e. The lowest BCUT2D eigenvalue weighted by Gasteiger charge is -2.05. The molecule has 1 nitrogen and oxygen atoms in total. The summed E-state index contributed by atoms with van der Waals surface area (Å²) in [4.78, 5) is 1.04. The van der Waals surface area contributed by atoms with Gasteiger partial charge in [-0.1, -0.05) is 6.07 Å². The van der Waals surface area contributed by atoms with Gasteiger partial charge in [0.2, 0.25) is 0 Å². The van der Waals surface area contributed by atoms with Crippen LogP contribution in [0, 0.1) is 0 Å². The summed E-state index contributed by atoms with van der Waals surface area (Å²) in [7, 11) is 0. The van der Waals surface area contributed by atoms with E-state index in [9.17, 15) is 5.11 Å². The molecule has 11 heavy (non-hydrogen) atoms. The molecule has 62 valence electrons. The van der Waals surface area contributed by atoms with Gasteiger partial charge >= 0.3 is 0 Å². The number of aliphatic hydroxyl groups excluding tert-OH is 1.